The van der Waals surface area contributed by atoms with Gasteiger partial charge >= 0.3 is 0 Å². The molecule has 1 amide bonds. The van der Waals surface area contributed by atoms with Crippen molar-refractivity contribution in [2.45, 2.75) is 32.6 Å². The molecule has 2 aromatic rings. The molecule has 1 aliphatic carbocycles. The van der Waals surface area contributed by atoms with Gasteiger partial charge in [-0.25, -0.2) is 0 Å². The van der Waals surface area contributed by atoms with Gasteiger partial charge in [-0.1, -0.05) is 17.7 Å². The van der Waals surface area contributed by atoms with E-state index in [0.29, 0.717) is 6.54 Å². The molecule has 0 bridgehead atoms. The summed E-state index contributed by atoms with van der Waals surface area (Å²) in [5.41, 5.74) is 7.26. The summed E-state index contributed by atoms with van der Waals surface area (Å²) >= 11 is 9.83. The maximum absolute atomic E-state index is 11.9. The van der Waals surface area contributed by atoms with E-state index in [1.54, 1.807) is 6.92 Å². The van der Waals surface area contributed by atoms with Crippen molar-refractivity contribution in [1.82, 2.24) is 9.88 Å². The van der Waals surface area contributed by atoms with Crippen LogP contribution in [0.4, 0.5) is 0 Å². The molecule has 0 radical (unpaired) electrons. The van der Waals surface area contributed by atoms with Crippen LogP contribution in [0.2, 0.25) is 5.02 Å². The molecule has 4 rings (SSSR count). The smallest absolute Gasteiger partial charge is 0.219 e. The van der Waals surface area contributed by atoms with Gasteiger partial charge < -0.3 is 4.90 Å². The van der Waals surface area contributed by atoms with Crippen LogP contribution in [0.25, 0.3) is 5.57 Å². The summed E-state index contributed by atoms with van der Waals surface area (Å²) in [6.07, 6.45) is 5.73. The molecule has 0 saturated carbocycles. The van der Waals surface area contributed by atoms with E-state index in [0.717, 1.165) is 47.4 Å². The van der Waals surface area contributed by atoms with Crippen LogP contribution >= 0.6 is 27.5 Å². The molecule has 1 aromatic carbocycles. The number of hydrogen-bond acceptors (Lipinski definition) is 2. The predicted molar refractivity (Wildman–Crippen MR) is 108 cm³/mol. The summed E-state index contributed by atoms with van der Waals surface area (Å²) in [5, 5.41) is 0.766. The molecule has 3 nitrogen and oxygen atoms in total. The third-order valence-electron chi connectivity index (χ3n) is 5.26. The van der Waals surface area contributed by atoms with Crippen molar-refractivity contribution in [1.29, 1.82) is 0 Å². The molecule has 1 aliphatic heterocycles. The second-order valence-electron chi connectivity index (χ2n) is 6.99. The summed E-state index contributed by atoms with van der Waals surface area (Å²) in [4.78, 5) is 18.7. The van der Waals surface area contributed by atoms with Gasteiger partial charge in [0.25, 0.3) is 0 Å². The number of carbonyl (C=O) groups is 1. The topological polar surface area (TPSA) is 33.2 Å². The highest BCUT2D eigenvalue weighted by atomic mass is 79.9. The monoisotopic (exact) mass is 430 g/mol. The van der Waals surface area contributed by atoms with E-state index in [-0.39, 0.29) is 5.91 Å². The first-order chi connectivity index (χ1) is 12.5. The second-order valence-corrected chi connectivity index (χ2v) is 8.34. The van der Waals surface area contributed by atoms with E-state index in [9.17, 15) is 4.79 Å². The average Bonchev–Trinajstić information content (AvgIpc) is 2.78. The molecule has 1 fully saturated rings. The number of aryl methyl sites for hydroxylation is 2. The number of rotatable bonds is 0. The lowest BCUT2D eigenvalue weighted by molar-refractivity contribution is -0.128. The zero-order valence-electron chi connectivity index (χ0n) is 14.7. The molecule has 2 heterocycles. The first-order valence-corrected chi connectivity index (χ1v) is 10.1. The molecule has 0 spiro atoms. The molecular formula is C21H20BrClN2O. The van der Waals surface area contributed by atoms with E-state index < -0.39 is 0 Å². The van der Waals surface area contributed by atoms with E-state index in [4.69, 9.17) is 16.6 Å². The second kappa shape index (κ2) is 7.16. The number of benzene rings is 1. The number of halogens is 2. The Morgan fingerprint density at radius 3 is 2.81 bits per heavy atom. The van der Waals surface area contributed by atoms with E-state index >= 15 is 0 Å². The van der Waals surface area contributed by atoms with Gasteiger partial charge in [0.15, 0.2) is 0 Å². The van der Waals surface area contributed by atoms with Crippen molar-refractivity contribution in [2.75, 3.05) is 13.1 Å². The Morgan fingerprint density at radius 1 is 1.19 bits per heavy atom. The molecule has 1 aromatic heterocycles. The largest absolute Gasteiger partial charge is 0.339 e. The number of piperidine rings is 1. The van der Waals surface area contributed by atoms with Gasteiger partial charge in [-0.3, -0.25) is 9.78 Å². The third-order valence-corrected chi connectivity index (χ3v) is 5.93. The van der Waals surface area contributed by atoms with Crippen LogP contribution in [0.3, 0.4) is 0 Å². The van der Waals surface area contributed by atoms with Gasteiger partial charge in [0.2, 0.25) is 5.91 Å². The van der Waals surface area contributed by atoms with Crippen LogP contribution in [0.15, 0.2) is 40.5 Å². The number of fused-ring (bicyclic) bond motifs is 2. The molecule has 26 heavy (non-hydrogen) atoms. The van der Waals surface area contributed by atoms with Gasteiger partial charge in [0.05, 0.1) is 5.69 Å². The normalized spacial score (nSPS) is 19.6. The van der Waals surface area contributed by atoms with E-state index in [2.05, 4.69) is 34.1 Å². The summed E-state index contributed by atoms with van der Waals surface area (Å²) in [6, 6.07) is 8.31. The van der Waals surface area contributed by atoms with Crippen LogP contribution in [-0.4, -0.2) is 28.9 Å². The third kappa shape index (κ3) is 3.33. The van der Waals surface area contributed by atoms with Gasteiger partial charge in [-0.15, -0.1) is 0 Å². The van der Waals surface area contributed by atoms with Gasteiger partial charge in [-0.05, 0) is 82.1 Å². The van der Waals surface area contributed by atoms with E-state index in [1.165, 1.54) is 27.8 Å². The zero-order valence-corrected chi connectivity index (χ0v) is 17.0. The van der Waals surface area contributed by atoms with Crippen LogP contribution < -0.4 is 0 Å². The summed E-state index contributed by atoms with van der Waals surface area (Å²) in [7, 11) is 0. The number of aromatic nitrogens is 1. The van der Waals surface area contributed by atoms with Crippen LogP contribution in [-0.2, 0) is 17.6 Å². The van der Waals surface area contributed by atoms with Crippen LogP contribution in [0, 0.1) is 0 Å². The standard InChI is InChI=1S/C21H20BrClN2O/c1-13(26)25-8-2-3-16(12-25)20-19-7-6-18(23)10-14(19)4-5-15-9-17(22)11-24-21(15)20/h6-7,9-11H,2-5,8,12H2,1H3/b20-16+. The lowest BCUT2D eigenvalue weighted by Crippen LogP contribution is -2.35. The highest BCUT2D eigenvalue weighted by Gasteiger charge is 2.26. The number of likely N-dealkylation sites (tertiary alicyclic amines) is 1. The number of hydrogen-bond donors (Lipinski definition) is 0. The molecule has 0 atom stereocenters. The molecule has 0 N–H and O–H groups in total. The zero-order chi connectivity index (χ0) is 18.3. The highest BCUT2D eigenvalue weighted by molar-refractivity contribution is 9.10. The highest BCUT2D eigenvalue weighted by Crippen LogP contribution is 2.38. The minimum Gasteiger partial charge on any atom is -0.339 e. The van der Waals surface area contributed by atoms with Crippen LogP contribution in [0.5, 0.6) is 0 Å². The Labute approximate surface area is 167 Å². The number of nitrogens with zero attached hydrogens (tertiary/aromatic N) is 2. The van der Waals surface area contributed by atoms with Crippen molar-refractivity contribution in [3.05, 3.63) is 67.9 Å². The van der Waals surface area contributed by atoms with Crippen molar-refractivity contribution in [3.63, 3.8) is 0 Å². The SMILES string of the molecule is CC(=O)N1CCC/C(=C2/c3ccc(Cl)cc3CCc3cc(Br)cnc32)C1. The maximum atomic E-state index is 11.9. The van der Waals surface area contributed by atoms with Gasteiger partial charge in [0, 0.05) is 41.3 Å². The Morgan fingerprint density at radius 2 is 2.00 bits per heavy atom. The molecule has 134 valence electrons. The average molecular weight is 432 g/mol. The van der Waals surface area contributed by atoms with Gasteiger partial charge in [0.1, 0.15) is 0 Å². The minimum absolute atomic E-state index is 0.136. The Bertz CT molecular complexity index is 867. The predicted octanol–water partition coefficient (Wildman–Crippen LogP) is 5.04. The fraction of sp³-hybridized carbons (Fsp3) is 0.333. The maximum Gasteiger partial charge on any atom is 0.219 e. The number of carbonyl (C=O) groups excluding carboxylic acids is 1. The van der Waals surface area contributed by atoms with Crippen molar-refractivity contribution >= 4 is 39.0 Å². The van der Waals surface area contributed by atoms with Crippen molar-refractivity contribution in [2.24, 2.45) is 0 Å². The number of pyridine rings is 1. The molecule has 1 saturated heterocycles. The van der Waals surface area contributed by atoms with Gasteiger partial charge in [-0.2, -0.15) is 0 Å². The Balaban J connectivity index is 1.94. The van der Waals surface area contributed by atoms with Crippen molar-refractivity contribution in [3.8, 4) is 0 Å². The Kier molecular flexibility index (Phi) is 4.89. The fourth-order valence-electron chi connectivity index (χ4n) is 4.01. The molecule has 5 heteroatoms. The quantitative estimate of drug-likeness (QED) is 0.585. The first kappa shape index (κ1) is 17.7. The Hall–Kier alpha value is -1.65. The molecule has 0 unspecified atom stereocenters. The molecular weight excluding hydrogens is 412 g/mol. The molecule has 2 aliphatic rings. The van der Waals surface area contributed by atoms with Crippen molar-refractivity contribution < 1.29 is 4.79 Å². The first-order valence-electron chi connectivity index (χ1n) is 8.94. The summed E-state index contributed by atoms with van der Waals surface area (Å²) in [6.45, 7) is 3.17. The van der Waals surface area contributed by atoms with E-state index in [1.807, 2.05) is 17.2 Å². The summed E-state index contributed by atoms with van der Waals surface area (Å²) in [5.74, 6) is 0.136. The fourth-order valence-corrected chi connectivity index (χ4v) is 4.58. The summed E-state index contributed by atoms with van der Waals surface area (Å²) < 4.78 is 0.999. The lowest BCUT2D eigenvalue weighted by Gasteiger charge is -2.30. The lowest BCUT2D eigenvalue weighted by atomic mass is 9.89. The minimum atomic E-state index is 0.136. The number of amides is 1. The van der Waals surface area contributed by atoms with Crippen LogP contribution in [0.1, 0.15) is 42.1 Å².